The van der Waals surface area contributed by atoms with E-state index in [2.05, 4.69) is 5.73 Å². The van der Waals surface area contributed by atoms with E-state index in [1.54, 1.807) is 0 Å². The second-order valence-corrected chi connectivity index (χ2v) is 2.87. The summed E-state index contributed by atoms with van der Waals surface area (Å²) in [5, 5.41) is 17.1. The van der Waals surface area contributed by atoms with Crippen molar-refractivity contribution in [2.75, 3.05) is 0 Å². The Morgan fingerprint density at radius 1 is 1.29 bits per heavy atom. The molecule has 0 aliphatic carbocycles. The second-order valence-electron chi connectivity index (χ2n) is 2.87. The normalized spacial score (nSPS) is 8.82. The summed E-state index contributed by atoms with van der Waals surface area (Å²) in [6.07, 6.45) is 0.250. The zero-order valence-corrected chi connectivity index (χ0v) is 8.81. The SMILES string of the molecule is Cc1ccc(C(=O)O)c(F)c1C(=O)O.NC=O. The molecule has 0 unspecified atom stereocenters. The highest BCUT2D eigenvalue weighted by atomic mass is 19.1. The molecule has 1 aromatic carbocycles. The zero-order valence-electron chi connectivity index (χ0n) is 8.81. The lowest BCUT2D eigenvalue weighted by atomic mass is 10.0. The summed E-state index contributed by atoms with van der Waals surface area (Å²) in [5.74, 6) is -4.15. The maximum atomic E-state index is 13.3. The number of aryl methyl sites for hydroxylation is 1. The predicted octanol–water partition coefficient (Wildman–Crippen LogP) is 0.632. The third-order valence-corrected chi connectivity index (χ3v) is 1.79. The van der Waals surface area contributed by atoms with E-state index in [1.807, 2.05) is 0 Å². The number of amides is 1. The molecule has 4 N–H and O–H groups in total. The van der Waals surface area contributed by atoms with Crippen molar-refractivity contribution in [1.29, 1.82) is 0 Å². The number of carboxylic acids is 2. The van der Waals surface area contributed by atoms with E-state index in [4.69, 9.17) is 15.0 Å². The van der Waals surface area contributed by atoms with Crippen molar-refractivity contribution in [3.63, 3.8) is 0 Å². The molecule has 6 nitrogen and oxygen atoms in total. The molecule has 0 saturated heterocycles. The first-order valence-electron chi connectivity index (χ1n) is 4.27. The molecule has 0 fully saturated rings. The maximum Gasteiger partial charge on any atom is 0.338 e. The number of rotatable bonds is 2. The summed E-state index contributed by atoms with van der Waals surface area (Å²) in [7, 11) is 0. The number of aromatic carboxylic acids is 2. The molecule has 7 heteroatoms. The Balaban J connectivity index is 0.000000770. The Morgan fingerprint density at radius 2 is 1.76 bits per heavy atom. The Labute approximate surface area is 95.5 Å². The van der Waals surface area contributed by atoms with Gasteiger partial charge in [-0.05, 0) is 18.6 Å². The molecule has 0 saturated carbocycles. The summed E-state index contributed by atoms with van der Waals surface area (Å²) < 4.78 is 13.3. The lowest BCUT2D eigenvalue weighted by Gasteiger charge is -2.04. The molecule has 1 aromatic rings. The third kappa shape index (κ3) is 3.56. The van der Waals surface area contributed by atoms with E-state index in [9.17, 15) is 14.0 Å². The standard InChI is InChI=1S/C9H7FO4.CH3NO/c1-4-2-3-5(8(11)12)7(10)6(4)9(13)14;2-1-3/h2-3H,1H3,(H,11,12)(H,13,14);1H,(H2,2,3). The maximum absolute atomic E-state index is 13.3. The second kappa shape index (κ2) is 6.21. The number of primary amides is 1. The minimum absolute atomic E-state index is 0.194. The largest absolute Gasteiger partial charge is 0.478 e. The molecular formula is C10H10FNO5. The Kier molecular flexibility index (Phi) is 5.32. The zero-order chi connectivity index (χ0) is 13.6. The van der Waals surface area contributed by atoms with Crippen molar-refractivity contribution in [3.05, 3.63) is 34.6 Å². The van der Waals surface area contributed by atoms with Crippen molar-refractivity contribution >= 4 is 18.3 Å². The van der Waals surface area contributed by atoms with Gasteiger partial charge in [-0.1, -0.05) is 6.07 Å². The van der Waals surface area contributed by atoms with Gasteiger partial charge in [-0.2, -0.15) is 0 Å². The summed E-state index contributed by atoms with van der Waals surface area (Å²) in [6.45, 7) is 1.40. The molecule has 17 heavy (non-hydrogen) atoms. The highest BCUT2D eigenvalue weighted by Gasteiger charge is 2.20. The van der Waals surface area contributed by atoms with E-state index in [0.29, 0.717) is 0 Å². The van der Waals surface area contributed by atoms with Crippen molar-refractivity contribution in [3.8, 4) is 0 Å². The summed E-state index contributed by atoms with van der Waals surface area (Å²) in [5.41, 5.74) is 3.14. The van der Waals surface area contributed by atoms with E-state index >= 15 is 0 Å². The monoisotopic (exact) mass is 243 g/mol. The quantitative estimate of drug-likeness (QED) is 0.658. The fourth-order valence-corrected chi connectivity index (χ4v) is 1.10. The van der Waals surface area contributed by atoms with Gasteiger partial charge in [0.05, 0.1) is 11.1 Å². The van der Waals surface area contributed by atoms with Gasteiger partial charge in [0.15, 0.2) is 5.82 Å². The molecule has 0 aliphatic heterocycles. The van der Waals surface area contributed by atoms with Gasteiger partial charge < -0.3 is 15.9 Å². The van der Waals surface area contributed by atoms with E-state index in [-0.39, 0.29) is 12.0 Å². The molecule has 0 radical (unpaired) electrons. The van der Waals surface area contributed by atoms with Crippen LogP contribution in [-0.2, 0) is 4.79 Å². The summed E-state index contributed by atoms with van der Waals surface area (Å²) >= 11 is 0. The molecule has 0 heterocycles. The predicted molar refractivity (Wildman–Crippen MR) is 55.3 cm³/mol. The van der Waals surface area contributed by atoms with Crippen LogP contribution in [0.5, 0.6) is 0 Å². The lowest BCUT2D eigenvalue weighted by molar-refractivity contribution is -0.106. The van der Waals surface area contributed by atoms with Crippen LogP contribution in [0.2, 0.25) is 0 Å². The van der Waals surface area contributed by atoms with E-state index in [1.165, 1.54) is 13.0 Å². The van der Waals surface area contributed by atoms with Gasteiger partial charge in [-0.15, -0.1) is 0 Å². The third-order valence-electron chi connectivity index (χ3n) is 1.79. The molecule has 1 rings (SSSR count). The van der Waals surface area contributed by atoms with Gasteiger partial charge in [0.2, 0.25) is 6.41 Å². The number of hydrogen-bond donors (Lipinski definition) is 3. The van der Waals surface area contributed by atoms with Crippen molar-refractivity contribution in [1.82, 2.24) is 0 Å². The fourth-order valence-electron chi connectivity index (χ4n) is 1.10. The topological polar surface area (TPSA) is 118 Å². The van der Waals surface area contributed by atoms with Gasteiger partial charge in [0, 0.05) is 0 Å². The number of nitrogens with two attached hydrogens (primary N) is 1. The van der Waals surface area contributed by atoms with Crippen LogP contribution in [0.4, 0.5) is 4.39 Å². The van der Waals surface area contributed by atoms with E-state index < -0.39 is 28.9 Å². The minimum atomic E-state index is -1.48. The van der Waals surface area contributed by atoms with Crippen LogP contribution >= 0.6 is 0 Å². The number of hydrogen-bond acceptors (Lipinski definition) is 3. The average Bonchev–Trinajstić information content (AvgIpc) is 2.17. The summed E-state index contributed by atoms with van der Waals surface area (Å²) in [4.78, 5) is 29.6. The molecule has 0 aliphatic rings. The Bertz CT molecular complexity index is 458. The highest BCUT2D eigenvalue weighted by Crippen LogP contribution is 2.17. The number of halogens is 1. The van der Waals surface area contributed by atoms with Crippen LogP contribution in [0.25, 0.3) is 0 Å². The van der Waals surface area contributed by atoms with Crippen LogP contribution < -0.4 is 5.73 Å². The lowest BCUT2D eigenvalue weighted by Crippen LogP contribution is -2.09. The number of carbonyl (C=O) groups is 3. The molecule has 0 atom stereocenters. The number of carboxylic acid groups (broad SMARTS) is 2. The molecule has 0 bridgehead atoms. The number of carbonyl (C=O) groups excluding carboxylic acids is 1. The van der Waals surface area contributed by atoms with E-state index in [0.717, 1.165) is 6.07 Å². The average molecular weight is 243 g/mol. The van der Waals surface area contributed by atoms with Crippen molar-refractivity contribution < 1.29 is 29.0 Å². The molecular weight excluding hydrogens is 233 g/mol. The highest BCUT2D eigenvalue weighted by molar-refractivity contribution is 5.95. The molecule has 0 aromatic heterocycles. The molecule has 1 amide bonds. The first-order chi connectivity index (χ1) is 7.86. The smallest absolute Gasteiger partial charge is 0.338 e. The van der Waals surface area contributed by atoms with Crippen LogP contribution in [0.15, 0.2) is 12.1 Å². The van der Waals surface area contributed by atoms with Crippen LogP contribution in [0, 0.1) is 12.7 Å². The van der Waals surface area contributed by atoms with Crippen molar-refractivity contribution in [2.45, 2.75) is 6.92 Å². The van der Waals surface area contributed by atoms with Gasteiger partial charge in [0.1, 0.15) is 0 Å². The van der Waals surface area contributed by atoms with Crippen LogP contribution in [0.1, 0.15) is 26.3 Å². The minimum Gasteiger partial charge on any atom is -0.478 e. The van der Waals surface area contributed by atoms with Gasteiger partial charge in [-0.3, -0.25) is 4.79 Å². The fraction of sp³-hybridized carbons (Fsp3) is 0.100. The molecule has 92 valence electrons. The summed E-state index contributed by atoms with van der Waals surface area (Å²) in [6, 6.07) is 2.30. The van der Waals surface area contributed by atoms with Crippen LogP contribution in [-0.4, -0.2) is 28.6 Å². The van der Waals surface area contributed by atoms with Gasteiger partial charge in [0.25, 0.3) is 0 Å². The van der Waals surface area contributed by atoms with Gasteiger partial charge in [-0.25, -0.2) is 14.0 Å². The Hall–Kier alpha value is -2.44. The van der Waals surface area contributed by atoms with Crippen molar-refractivity contribution in [2.24, 2.45) is 5.73 Å². The first-order valence-corrected chi connectivity index (χ1v) is 4.27. The molecule has 0 spiro atoms. The Morgan fingerprint density at radius 3 is 2.12 bits per heavy atom. The number of benzene rings is 1. The van der Waals surface area contributed by atoms with Gasteiger partial charge >= 0.3 is 11.9 Å². The first kappa shape index (κ1) is 14.6. The van der Waals surface area contributed by atoms with Crippen LogP contribution in [0.3, 0.4) is 0 Å².